The molecule has 0 N–H and O–H groups in total. The van der Waals surface area contributed by atoms with Gasteiger partial charge >= 0.3 is 6.18 Å². The average Bonchev–Trinajstić information content (AvgIpc) is 3.11. The Balaban J connectivity index is 1.88. The standard InChI is InChI=1S/C24H19F3N2O/c1-29-22(17-6-4-3-5-7-17)21(16-8-12-19(13-9-16)24(25,26)27)28-23(29)18-10-14-20(30-2)15-11-18/h3-15H,1-2H3. The molecule has 0 atom stereocenters. The molecule has 0 aliphatic carbocycles. The van der Waals surface area contributed by atoms with Crippen LogP contribution in [0.2, 0.25) is 0 Å². The van der Waals surface area contributed by atoms with E-state index in [0.29, 0.717) is 17.1 Å². The fourth-order valence-corrected chi connectivity index (χ4v) is 3.44. The van der Waals surface area contributed by atoms with Crippen molar-refractivity contribution in [2.75, 3.05) is 7.11 Å². The van der Waals surface area contributed by atoms with Crippen LogP contribution >= 0.6 is 0 Å². The molecule has 0 saturated carbocycles. The minimum Gasteiger partial charge on any atom is -0.497 e. The largest absolute Gasteiger partial charge is 0.497 e. The van der Waals surface area contributed by atoms with E-state index in [9.17, 15) is 13.2 Å². The van der Waals surface area contributed by atoms with Crippen LogP contribution in [0.25, 0.3) is 33.9 Å². The molecule has 0 amide bonds. The quantitative estimate of drug-likeness (QED) is 0.388. The minimum absolute atomic E-state index is 0.622. The number of aromatic nitrogens is 2. The zero-order valence-electron chi connectivity index (χ0n) is 16.4. The van der Waals surface area contributed by atoms with Gasteiger partial charge in [-0.2, -0.15) is 13.2 Å². The SMILES string of the molecule is COc1ccc(-c2nc(-c3ccc(C(F)(F)F)cc3)c(-c3ccccc3)n2C)cc1. The molecular weight excluding hydrogens is 389 g/mol. The summed E-state index contributed by atoms with van der Waals surface area (Å²) in [6, 6.07) is 22.3. The van der Waals surface area contributed by atoms with Gasteiger partial charge in [0.25, 0.3) is 0 Å². The molecule has 0 unspecified atom stereocenters. The van der Waals surface area contributed by atoms with Gasteiger partial charge in [0.2, 0.25) is 0 Å². The molecule has 0 aliphatic rings. The molecule has 30 heavy (non-hydrogen) atoms. The van der Waals surface area contributed by atoms with Gasteiger partial charge in [-0.1, -0.05) is 42.5 Å². The van der Waals surface area contributed by atoms with Crippen molar-refractivity contribution in [1.29, 1.82) is 0 Å². The van der Waals surface area contributed by atoms with Gasteiger partial charge in [-0.3, -0.25) is 0 Å². The van der Waals surface area contributed by atoms with Gasteiger partial charge in [0.15, 0.2) is 0 Å². The monoisotopic (exact) mass is 408 g/mol. The van der Waals surface area contributed by atoms with Crippen molar-refractivity contribution in [3.8, 4) is 39.7 Å². The molecule has 0 fully saturated rings. The fraction of sp³-hybridized carbons (Fsp3) is 0.125. The second-order valence-electron chi connectivity index (χ2n) is 6.86. The van der Waals surface area contributed by atoms with Crippen molar-refractivity contribution in [3.63, 3.8) is 0 Å². The van der Waals surface area contributed by atoms with E-state index in [2.05, 4.69) is 0 Å². The summed E-state index contributed by atoms with van der Waals surface area (Å²) in [6.07, 6.45) is -4.38. The summed E-state index contributed by atoms with van der Waals surface area (Å²) in [5.41, 5.74) is 3.22. The maximum absolute atomic E-state index is 13.0. The number of imidazole rings is 1. The summed E-state index contributed by atoms with van der Waals surface area (Å²) >= 11 is 0. The van der Waals surface area contributed by atoms with Crippen LogP contribution in [0.3, 0.4) is 0 Å². The third-order valence-corrected chi connectivity index (χ3v) is 4.98. The first-order valence-corrected chi connectivity index (χ1v) is 9.32. The molecule has 4 aromatic rings. The fourth-order valence-electron chi connectivity index (χ4n) is 3.44. The lowest BCUT2D eigenvalue weighted by atomic mass is 10.0. The molecule has 3 nitrogen and oxygen atoms in total. The first-order valence-electron chi connectivity index (χ1n) is 9.32. The molecule has 0 spiro atoms. The second kappa shape index (κ2) is 7.71. The summed E-state index contributed by atoms with van der Waals surface area (Å²) < 4.78 is 46.1. The number of alkyl halides is 3. The van der Waals surface area contributed by atoms with E-state index in [-0.39, 0.29) is 0 Å². The van der Waals surface area contributed by atoms with E-state index in [1.54, 1.807) is 7.11 Å². The first-order chi connectivity index (χ1) is 14.4. The van der Waals surface area contributed by atoms with Crippen LogP contribution in [0.1, 0.15) is 5.56 Å². The molecule has 4 rings (SSSR count). The Kier molecular flexibility index (Phi) is 5.08. The minimum atomic E-state index is -4.38. The highest BCUT2D eigenvalue weighted by Gasteiger charge is 2.30. The lowest BCUT2D eigenvalue weighted by Gasteiger charge is -2.09. The molecule has 152 valence electrons. The third kappa shape index (κ3) is 3.68. The number of nitrogens with zero attached hydrogens (tertiary/aromatic N) is 2. The van der Waals surface area contributed by atoms with Crippen molar-refractivity contribution < 1.29 is 17.9 Å². The lowest BCUT2D eigenvalue weighted by Crippen LogP contribution is -2.04. The van der Waals surface area contributed by atoms with Gasteiger partial charge in [-0.05, 0) is 36.4 Å². The average molecular weight is 408 g/mol. The smallest absolute Gasteiger partial charge is 0.416 e. The molecule has 3 aromatic carbocycles. The van der Waals surface area contributed by atoms with E-state index >= 15 is 0 Å². The van der Waals surface area contributed by atoms with E-state index in [1.165, 1.54) is 12.1 Å². The molecule has 1 heterocycles. The zero-order valence-corrected chi connectivity index (χ0v) is 16.4. The summed E-state index contributed by atoms with van der Waals surface area (Å²) in [5, 5.41) is 0. The Hall–Kier alpha value is -3.54. The summed E-state index contributed by atoms with van der Waals surface area (Å²) in [7, 11) is 3.51. The first kappa shape index (κ1) is 19.8. The van der Waals surface area contributed by atoms with Crippen molar-refractivity contribution in [2.24, 2.45) is 7.05 Å². The number of ether oxygens (including phenoxy) is 1. The van der Waals surface area contributed by atoms with Gasteiger partial charge in [0.05, 0.1) is 24.1 Å². The number of methoxy groups -OCH3 is 1. The van der Waals surface area contributed by atoms with Gasteiger partial charge < -0.3 is 9.30 Å². The lowest BCUT2D eigenvalue weighted by molar-refractivity contribution is -0.137. The van der Waals surface area contributed by atoms with Crippen molar-refractivity contribution in [2.45, 2.75) is 6.18 Å². The normalized spacial score (nSPS) is 11.5. The van der Waals surface area contributed by atoms with E-state index < -0.39 is 11.7 Å². The molecule has 6 heteroatoms. The summed E-state index contributed by atoms with van der Waals surface area (Å²) in [4.78, 5) is 4.81. The van der Waals surface area contributed by atoms with Crippen LogP contribution in [0.5, 0.6) is 5.75 Å². The number of halogens is 3. The van der Waals surface area contributed by atoms with Crippen LogP contribution < -0.4 is 4.74 Å². The Morgan fingerprint density at radius 1 is 0.767 bits per heavy atom. The van der Waals surface area contributed by atoms with Crippen LogP contribution in [-0.2, 0) is 13.2 Å². The van der Waals surface area contributed by atoms with Crippen molar-refractivity contribution in [1.82, 2.24) is 9.55 Å². The van der Waals surface area contributed by atoms with Crippen LogP contribution in [-0.4, -0.2) is 16.7 Å². The highest BCUT2D eigenvalue weighted by Crippen LogP contribution is 2.37. The van der Waals surface area contributed by atoms with E-state index in [1.807, 2.05) is 66.2 Å². The van der Waals surface area contributed by atoms with Crippen molar-refractivity contribution >= 4 is 0 Å². The molecule has 0 aliphatic heterocycles. The molecule has 0 saturated heterocycles. The second-order valence-corrected chi connectivity index (χ2v) is 6.86. The van der Waals surface area contributed by atoms with E-state index in [4.69, 9.17) is 9.72 Å². The third-order valence-electron chi connectivity index (χ3n) is 4.98. The van der Waals surface area contributed by atoms with Crippen LogP contribution in [0.4, 0.5) is 13.2 Å². The summed E-state index contributed by atoms with van der Waals surface area (Å²) in [5.74, 6) is 1.45. The molecule has 0 bridgehead atoms. The Labute approximate surface area is 172 Å². The van der Waals surface area contributed by atoms with E-state index in [0.717, 1.165) is 34.7 Å². The Morgan fingerprint density at radius 2 is 1.37 bits per heavy atom. The number of hydrogen-bond acceptors (Lipinski definition) is 2. The maximum atomic E-state index is 13.0. The molecule has 0 radical (unpaired) electrons. The predicted octanol–water partition coefficient (Wildman–Crippen LogP) is 6.45. The topological polar surface area (TPSA) is 27.1 Å². The number of rotatable bonds is 4. The molecule has 1 aromatic heterocycles. The highest BCUT2D eigenvalue weighted by atomic mass is 19.4. The van der Waals surface area contributed by atoms with Crippen LogP contribution in [0, 0.1) is 0 Å². The van der Waals surface area contributed by atoms with Gasteiger partial charge in [0, 0.05) is 23.7 Å². The maximum Gasteiger partial charge on any atom is 0.416 e. The van der Waals surface area contributed by atoms with Crippen molar-refractivity contribution in [3.05, 3.63) is 84.4 Å². The molecular formula is C24H19F3N2O. The zero-order chi connectivity index (χ0) is 21.3. The van der Waals surface area contributed by atoms with Crippen LogP contribution in [0.15, 0.2) is 78.9 Å². The predicted molar refractivity (Wildman–Crippen MR) is 111 cm³/mol. The highest BCUT2D eigenvalue weighted by molar-refractivity contribution is 5.82. The van der Waals surface area contributed by atoms with Gasteiger partial charge in [-0.15, -0.1) is 0 Å². The van der Waals surface area contributed by atoms with Gasteiger partial charge in [-0.25, -0.2) is 4.98 Å². The Bertz CT molecular complexity index is 1150. The number of benzene rings is 3. The number of hydrogen-bond donors (Lipinski definition) is 0. The summed E-state index contributed by atoms with van der Waals surface area (Å²) in [6.45, 7) is 0. The van der Waals surface area contributed by atoms with Gasteiger partial charge in [0.1, 0.15) is 11.6 Å². The Morgan fingerprint density at radius 3 is 1.93 bits per heavy atom.